The van der Waals surface area contributed by atoms with Crippen molar-refractivity contribution in [3.05, 3.63) is 0 Å². The maximum Gasteiger partial charge on any atom is 0.307 e. The first kappa shape index (κ1) is 8.04. The Morgan fingerprint density at radius 3 is 2.45 bits per heavy atom. The minimum atomic E-state index is -0.879. The van der Waals surface area contributed by atoms with Crippen molar-refractivity contribution in [1.29, 1.82) is 0 Å². The van der Waals surface area contributed by atoms with E-state index in [1.165, 1.54) is 7.05 Å². The van der Waals surface area contributed by atoms with Gasteiger partial charge in [0.05, 0.1) is 11.3 Å². The van der Waals surface area contributed by atoms with E-state index in [0.717, 1.165) is 0 Å². The van der Waals surface area contributed by atoms with E-state index in [0.29, 0.717) is 6.42 Å². The molecule has 11 heavy (non-hydrogen) atoms. The molecule has 2 N–H and O–H groups in total. The highest BCUT2D eigenvalue weighted by molar-refractivity contribution is 5.92. The van der Waals surface area contributed by atoms with E-state index >= 15 is 0 Å². The minimum Gasteiger partial charge on any atom is -0.481 e. The Morgan fingerprint density at radius 2 is 2.18 bits per heavy atom. The Bertz CT molecular complexity index is 214. The second-order valence-corrected chi connectivity index (χ2v) is 3.09. The molecule has 1 aliphatic rings. The highest BCUT2D eigenvalue weighted by Crippen LogP contribution is 2.52. The molecule has 62 valence electrons. The second-order valence-electron chi connectivity index (χ2n) is 3.09. The van der Waals surface area contributed by atoms with Crippen molar-refractivity contribution < 1.29 is 14.7 Å². The van der Waals surface area contributed by atoms with Crippen LogP contribution in [-0.4, -0.2) is 24.0 Å². The molecule has 0 spiro atoms. The van der Waals surface area contributed by atoms with Gasteiger partial charge in [-0.05, 0) is 13.3 Å². The number of aliphatic carboxylic acids is 1. The Kier molecular flexibility index (Phi) is 1.62. The third-order valence-corrected chi connectivity index (χ3v) is 2.28. The SMILES string of the molecule is CNC(=O)C1(C)CC1C(=O)O. The van der Waals surface area contributed by atoms with Gasteiger partial charge in [0.1, 0.15) is 0 Å². The number of carbonyl (C=O) groups is 2. The highest BCUT2D eigenvalue weighted by atomic mass is 16.4. The van der Waals surface area contributed by atoms with Gasteiger partial charge in [-0.3, -0.25) is 9.59 Å². The van der Waals surface area contributed by atoms with Crippen molar-refractivity contribution in [3.8, 4) is 0 Å². The molecule has 0 aromatic rings. The van der Waals surface area contributed by atoms with Crippen molar-refractivity contribution in [2.24, 2.45) is 11.3 Å². The van der Waals surface area contributed by atoms with Gasteiger partial charge < -0.3 is 10.4 Å². The largest absolute Gasteiger partial charge is 0.481 e. The molecule has 0 radical (unpaired) electrons. The number of rotatable bonds is 2. The average Bonchev–Trinajstić information content (AvgIpc) is 2.62. The molecule has 1 aliphatic carbocycles. The van der Waals surface area contributed by atoms with E-state index < -0.39 is 17.3 Å². The molecule has 0 aromatic heterocycles. The van der Waals surface area contributed by atoms with Crippen LogP contribution >= 0.6 is 0 Å². The van der Waals surface area contributed by atoms with Crippen LogP contribution in [0.5, 0.6) is 0 Å². The number of carbonyl (C=O) groups excluding carboxylic acids is 1. The zero-order valence-electron chi connectivity index (χ0n) is 6.55. The summed E-state index contributed by atoms with van der Waals surface area (Å²) in [7, 11) is 1.52. The van der Waals surface area contributed by atoms with Crippen LogP contribution in [-0.2, 0) is 9.59 Å². The molecule has 1 fully saturated rings. The predicted molar refractivity (Wildman–Crippen MR) is 37.9 cm³/mol. The van der Waals surface area contributed by atoms with Crippen LogP contribution in [0.15, 0.2) is 0 Å². The standard InChI is InChI=1S/C7H11NO3/c1-7(6(11)8-2)3-4(7)5(9)10/h4H,3H2,1-2H3,(H,8,11)(H,9,10). The van der Waals surface area contributed by atoms with E-state index in [4.69, 9.17) is 5.11 Å². The third-order valence-electron chi connectivity index (χ3n) is 2.28. The summed E-state index contributed by atoms with van der Waals surface area (Å²) in [5, 5.41) is 11.0. The van der Waals surface area contributed by atoms with Crippen LogP contribution in [0.4, 0.5) is 0 Å². The van der Waals surface area contributed by atoms with E-state index in [2.05, 4.69) is 5.32 Å². The molecule has 0 aliphatic heterocycles. The summed E-state index contributed by atoms with van der Waals surface area (Å²) >= 11 is 0. The lowest BCUT2D eigenvalue weighted by Crippen LogP contribution is -2.29. The number of hydrogen-bond acceptors (Lipinski definition) is 2. The highest BCUT2D eigenvalue weighted by Gasteiger charge is 2.59. The molecule has 1 amide bonds. The minimum absolute atomic E-state index is 0.176. The lowest BCUT2D eigenvalue weighted by Gasteiger charge is -2.05. The van der Waals surface area contributed by atoms with E-state index in [1.807, 2.05) is 0 Å². The molecule has 2 unspecified atom stereocenters. The molecule has 0 aromatic carbocycles. The lowest BCUT2D eigenvalue weighted by atomic mass is 10.1. The first-order chi connectivity index (χ1) is 5.02. The summed E-state index contributed by atoms with van der Waals surface area (Å²) in [5.41, 5.74) is -0.652. The normalized spacial score (nSPS) is 34.5. The van der Waals surface area contributed by atoms with Gasteiger partial charge in [0.15, 0.2) is 0 Å². The van der Waals surface area contributed by atoms with Crippen molar-refractivity contribution in [2.75, 3.05) is 7.05 Å². The molecule has 0 heterocycles. The van der Waals surface area contributed by atoms with Crippen LogP contribution in [0.3, 0.4) is 0 Å². The van der Waals surface area contributed by atoms with Gasteiger partial charge in [-0.25, -0.2) is 0 Å². The second kappa shape index (κ2) is 2.22. The van der Waals surface area contributed by atoms with E-state index in [9.17, 15) is 9.59 Å². The van der Waals surface area contributed by atoms with Crippen molar-refractivity contribution in [2.45, 2.75) is 13.3 Å². The molecule has 0 bridgehead atoms. The van der Waals surface area contributed by atoms with E-state index in [1.54, 1.807) is 6.92 Å². The summed E-state index contributed by atoms with van der Waals surface area (Å²) in [4.78, 5) is 21.5. The van der Waals surface area contributed by atoms with Crippen LogP contribution < -0.4 is 5.32 Å². The number of carboxylic acids is 1. The molecule has 0 saturated heterocycles. The smallest absolute Gasteiger partial charge is 0.307 e. The zero-order chi connectivity index (χ0) is 8.65. The molecule has 4 heteroatoms. The topological polar surface area (TPSA) is 66.4 Å². The predicted octanol–water partition coefficient (Wildman–Crippen LogP) is -0.157. The van der Waals surface area contributed by atoms with Crippen LogP contribution in [0.2, 0.25) is 0 Å². The fourth-order valence-corrected chi connectivity index (χ4v) is 1.26. The fraction of sp³-hybridized carbons (Fsp3) is 0.714. The van der Waals surface area contributed by atoms with Crippen molar-refractivity contribution >= 4 is 11.9 Å². The molecule has 4 nitrogen and oxygen atoms in total. The van der Waals surface area contributed by atoms with Gasteiger partial charge in [0.2, 0.25) is 5.91 Å². The van der Waals surface area contributed by atoms with Gasteiger partial charge in [0.25, 0.3) is 0 Å². The zero-order valence-corrected chi connectivity index (χ0v) is 6.55. The molecular weight excluding hydrogens is 146 g/mol. The quantitative estimate of drug-likeness (QED) is 0.585. The average molecular weight is 157 g/mol. The van der Waals surface area contributed by atoms with Gasteiger partial charge in [-0.15, -0.1) is 0 Å². The molecule has 2 atom stereocenters. The number of carboxylic acid groups (broad SMARTS) is 1. The van der Waals surface area contributed by atoms with Crippen LogP contribution in [0.1, 0.15) is 13.3 Å². The van der Waals surface area contributed by atoms with Gasteiger partial charge in [-0.1, -0.05) is 0 Å². The number of nitrogens with one attached hydrogen (secondary N) is 1. The molecule has 1 rings (SSSR count). The van der Waals surface area contributed by atoms with Gasteiger partial charge >= 0.3 is 5.97 Å². The number of hydrogen-bond donors (Lipinski definition) is 2. The van der Waals surface area contributed by atoms with E-state index in [-0.39, 0.29) is 5.91 Å². The first-order valence-electron chi connectivity index (χ1n) is 3.47. The Hall–Kier alpha value is -1.06. The Morgan fingerprint density at radius 1 is 1.64 bits per heavy atom. The molecule has 1 saturated carbocycles. The van der Waals surface area contributed by atoms with Crippen molar-refractivity contribution in [3.63, 3.8) is 0 Å². The summed E-state index contributed by atoms with van der Waals surface area (Å²) in [6.07, 6.45) is 0.460. The van der Waals surface area contributed by atoms with Crippen LogP contribution in [0.25, 0.3) is 0 Å². The summed E-state index contributed by atoms with van der Waals surface area (Å²) in [5.74, 6) is -1.54. The van der Waals surface area contributed by atoms with Gasteiger partial charge in [-0.2, -0.15) is 0 Å². The maximum absolute atomic E-state index is 11.0. The van der Waals surface area contributed by atoms with Gasteiger partial charge in [0, 0.05) is 7.05 Å². The maximum atomic E-state index is 11.0. The lowest BCUT2D eigenvalue weighted by molar-refractivity contribution is -0.141. The Balaban J connectivity index is 2.62. The third kappa shape index (κ3) is 1.08. The monoisotopic (exact) mass is 157 g/mol. The van der Waals surface area contributed by atoms with Crippen molar-refractivity contribution in [1.82, 2.24) is 5.32 Å². The fourth-order valence-electron chi connectivity index (χ4n) is 1.26. The van der Waals surface area contributed by atoms with Crippen LogP contribution in [0, 0.1) is 11.3 Å². The summed E-state index contributed by atoms with van der Waals surface area (Å²) in [6.45, 7) is 1.67. The summed E-state index contributed by atoms with van der Waals surface area (Å²) in [6, 6.07) is 0. The summed E-state index contributed by atoms with van der Waals surface area (Å²) < 4.78 is 0. The molecular formula is C7H11NO3. The Labute approximate surface area is 64.6 Å². The number of amides is 1. The first-order valence-corrected chi connectivity index (χ1v) is 3.47.